The molecule has 0 N–H and O–H groups in total. The second kappa shape index (κ2) is 5.55. The molecule has 5 heteroatoms. The normalized spacial score (nSPS) is 16.3. The molecular formula is C14H17F2NO2. The van der Waals surface area contributed by atoms with E-state index >= 15 is 0 Å². The van der Waals surface area contributed by atoms with Crippen LogP contribution in [0.3, 0.4) is 0 Å². The number of hydrogen-bond acceptors (Lipinski definition) is 2. The van der Waals surface area contributed by atoms with E-state index in [9.17, 15) is 13.6 Å². The minimum absolute atomic E-state index is 0.00771. The van der Waals surface area contributed by atoms with Crippen molar-refractivity contribution in [2.75, 3.05) is 7.05 Å². The number of rotatable bonds is 5. The van der Waals surface area contributed by atoms with E-state index in [-0.39, 0.29) is 17.7 Å². The van der Waals surface area contributed by atoms with Crippen molar-refractivity contribution in [3.8, 4) is 5.75 Å². The zero-order valence-corrected chi connectivity index (χ0v) is 11.0. The van der Waals surface area contributed by atoms with Crippen molar-refractivity contribution in [3.05, 3.63) is 29.8 Å². The third kappa shape index (κ3) is 3.43. The predicted molar refractivity (Wildman–Crippen MR) is 67.4 cm³/mol. The van der Waals surface area contributed by atoms with Crippen LogP contribution in [0, 0.1) is 5.92 Å². The molecule has 0 saturated heterocycles. The van der Waals surface area contributed by atoms with Gasteiger partial charge in [-0.05, 0) is 43.9 Å². The number of carbonyl (C=O) groups is 1. The minimum atomic E-state index is -2.88. The summed E-state index contributed by atoms with van der Waals surface area (Å²) in [6.45, 7) is -0.872. The number of hydrogen-bond donors (Lipinski definition) is 0. The van der Waals surface area contributed by atoms with E-state index in [1.807, 2.05) is 6.92 Å². The Balaban J connectivity index is 2.09. The molecule has 0 aromatic heterocycles. The van der Waals surface area contributed by atoms with E-state index < -0.39 is 6.61 Å². The molecule has 0 spiro atoms. The Bertz CT molecular complexity index is 461. The van der Waals surface area contributed by atoms with E-state index in [1.165, 1.54) is 12.1 Å². The second-order valence-electron chi connectivity index (χ2n) is 4.90. The number of ether oxygens (including phenoxy) is 1. The van der Waals surface area contributed by atoms with Gasteiger partial charge in [-0.25, -0.2) is 0 Å². The summed E-state index contributed by atoms with van der Waals surface area (Å²) in [6.07, 6.45) is 2.29. The number of nitrogens with zero attached hydrogens (tertiary/aromatic N) is 1. The summed E-state index contributed by atoms with van der Waals surface area (Å²) in [4.78, 5) is 13.9. The SMILES string of the molecule is CC(C1CC1)N(C)C(=O)c1cccc(OC(F)F)c1. The van der Waals surface area contributed by atoms with Crippen LogP contribution in [-0.4, -0.2) is 30.5 Å². The second-order valence-corrected chi connectivity index (χ2v) is 4.90. The molecule has 1 atom stereocenters. The van der Waals surface area contributed by atoms with E-state index in [1.54, 1.807) is 24.1 Å². The first kappa shape index (κ1) is 13.8. The molecule has 0 heterocycles. The van der Waals surface area contributed by atoms with Crippen LogP contribution in [-0.2, 0) is 0 Å². The third-order valence-electron chi connectivity index (χ3n) is 3.54. The van der Waals surface area contributed by atoms with E-state index in [2.05, 4.69) is 4.74 Å². The third-order valence-corrected chi connectivity index (χ3v) is 3.54. The molecule has 3 nitrogen and oxygen atoms in total. The van der Waals surface area contributed by atoms with Crippen LogP contribution in [0.15, 0.2) is 24.3 Å². The van der Waals surface area contributed by atoms with Gasteiger partial charge in [-0.3, -0.25) is 4.79 Å². The number of carbonyl (C=O) groups excluding carboxylic acids is 1. The minimum Gasteiger partial charge on any atom is -0.435 e. The number of alkyl halides is 2. The van der Waals surface area contributed by atoms with Gasteiger partial charge in [0.05, 0.1) is 0 Å². The van der Waals surface area contributed by atoms with Crippen molar-refractivity contribution in [1.82, 2.24) is 4.90 Å². The van der Waals surface area contributed by atoms with Gasteiger partial charge < -0.3 is 9.64 Å². The van der Waals surface area contributed by atoms with Gasteiger partial charge in [0, 0.05) is 18.7 Å². The van der Waals surface area contributed by atoms with Crippen LogP contribution >= 0.6 is 0 Å². The van der Waals surface area contributed by atoms with Gasteiger partial charge in [-0.15, -0.1) is 0 Å². The monoisotopic (exact) mass is 269 g/mol. The zero-order chi connectivity index (χ0) is 14.0. The van der Waals surface area contributed by atoms with E-state index in [0.29, 0.717) is 11.5 Å². The highest BCUT2D eigenvalue weighted by molar-refractivity contribution is 5.94. The maximum Gasteiger partial charge on any atom is 0.387 e. The molecule has 1 saturated carbocycles. The van der Waals surface area contributed by atoms with Crippen LogP contribution in [0.2, 0.25) is 0 Å². The first-order valence-corrected chi connectivity index (χ1v) is 6.31. The van der Waals surface area contributed by atoms with E-state index in [4.69, 9.17) is 0 Å². The Morgan fingerprint density at radius 2 is 2.11 bits per heavy atom. The smallest absolute Gasteiger partial charge is 0.387 e. The summed E-state index contributed by atoms with van der Waals surface area (Å²) in [5.74, 6) is 0.405. The first-order chi connectivity index (χ1) is 8.99. The van der Waals surface area contributed by atoms with Gasteiger partial charge in [0.15, 0.2) is 0 Å². The molecule has 0 aliphatic heterocycles. The summed E-state index contributed by atoms with van der Waals surface area (Å²) in [5, 5.41) is 0. The Labute approximate surface area is 111 Å². The molecule has 0 bridgehead atoms. The van der Waals surface area contributed by atoms with Gasteiger partial charge in [0.25, 0.3) is 5.91 Å². The molecule has 0 radical (unpaired) electrons. The first-order valence-electron chi connectivity index (χ1n) is 6.31. The fourth-order valence-electron chi connectivity index (χ4n) is 2.09. The van der Waals surface area contributed by atoms with Crippen molar-refractivity contribution in [2.24, 2.45) is 5.92 Å². The molecular weight excluding hydrogens is 252 g/mol. The largest absolute Gasteiger partial charge is 0.435 e. The lowest BCUT2D eigenvalue weighted by Gasteiger charge is -2.25. The Hall–Kier alpha value is -1.65. The van der Waals surface area contributed by atoms with Gasteiger partial charge in [-0.1, -0.05) is 6.07 Å². The highest BCUT2D eigenvalue weighted by Gasteiger charge is 2.32. The van der Waals surface area contributed by atoms with E-state index in [0.717, 1.165) is 12.8 Å². The molecule has 1 aromatic rings. The summed E-state index contributed by atoms with van der Waals surface area (Å²) in [6, 6.07) is 6.09. The molecule has 1 aliphatic carbocycles. The maximum atomic E-state index is 12.2. The molecule has 1 aliphatic rings. The van der Waals surface area contributed by atoms with Crippen LogP contribution in [0.4, 0.5) is 8.78 Å². The van der Waals surface area contributed by atoms with Crippen LogP contribution in [0.25, 0.3) is 0 Å². The molecule has 2 rings (SSSR count). The quantitative estimate of drug-likeness (QED) is 0.821. The Morgan fingerprint density at radius 1 is 1.42 bits per heavy atom. The summed E-state index contributed by atoms with van der Waals surface area (Å²) in [7, 11) is 1.74. The fraction of sp³-hybridized carbons (Fsp3) is 0.500. The van der Waals surface area contributed by atoms with Gasteiger partial charge >= 0.3 is 6.61 Å². The van der Waals surface area contributed by atoms with Crippen molar-refractivity contribution >= 4 is 5.91 Å². The lowest BCUT2D eigenvalue weighted by molar-refractivity contribution is -0.0499. The summed E-state index contributed by atoms with van der Waals surface area (Å²) >= 11 is 0. The molecule has 1 unspecified atom stereocenters. The number of benzene rings is 1. The highest BCUT2D eigenvalue weighted by Crippen LogP contribution is 2.35. The highest BCUT2D eigenvalue weighted by atomic mass is 19.3. The molecule has 19 heavy (non-hydrogen) atoms. The van der Waals surface area contributed by atoms with Crippen molar-refractivity contribution in [1.29, 1.82) is 0 Å². The predicted octanol–water partition coefficient (Wildman–Crippen LogP) is 3.16. The molecule has 104 valence electrons. The van der Waals surface area contributed by atoms with Gasteiger partial charge in [0.2, 0.25) is 0 Å². The number of halogens is 2. The lowest BCUT2D eigenvalue weighted by Crippen LogP contribution is -2.36. The zero-order valence-electron chi connectivity index (χ0n) is 11.0. The van der Waals surface area contributed by atoms with Gasteiger partial charge in [-0.2, -0.15) is 8.78 Å². The van der Waals surface area contributed by atoms with Crippen LogP contribution < -0.4 is 4.74 Å². The number of amides is 1. The average Bonchev–Trinajstić information content (AvgIpc) is 3.20. The average molecular weight is 269 g/mol. The van der Waals surface area contributed by atoms with Crippen LogP contribution in [0.5, 0.6) is 5.75 Å². The van der Waals surface area contributed by atoms with Gasteiger partial charge in [0.1, 0.15) is 5.75 Å². The molecule has 1 fully saturated rings. The van der Waals surface area contributed by atoms with Crippen LogP contribution in [0.1, 0.15) is 30.1 Å². The summed E-state index contributed by atoms with van der Waals surface area (Å²) < 4.78 is 28.6. The maximum absolute atomic E-state index is 12.2. The fourth-order valence-corrected chi connectivity index (χ4v) is 2.09. The van der Waals surface area contributed by atoms with Crippen molar-refractivity contribution < 1.29 is 18.3 Å². The van der Waals surface area contributed by atoms with Crippen molar-refractivity contribution in [3.63, 3.8) is 0 Å². The van der Waals surface area contributed by atoms with Crippen molar-refractivity contribution in [2.45, 2.75) is 32.4 Å². The Kier molecular flexibility index (Phi) is 4.02. The molecule has 1 amide bonds. The standard InChI is InChI=1S/C14H17F2NO2/c1-9(10-6-7-10)17(2)13(18)11-4-3-5-12(8-11)19-14(15)16/h3-5,8-10,14H,6-7H2,1-2H3. The Morgan fingerprint density at radius 3 is 2.68 bits per heavy atom. The summed E-state index contributed by atoms with van der Waals surface area (Å²) in [5.41, 5.74) is 0.369. The lowest BCUT2D eigenvalue weighted by atomic mass is 10.1. The molecule has 1 aromatic carbocycles. The topological polar surface area (TPSA) is 29.5 Å².